The summed E-state index contributed by atoms with van der Waals surface area (Å²) in [6.07, 6.45) is 1.36. The van der Waals surface area contributed by atoms with Crippen LogP contribution in [0.1, 0.15) is 43.9 Å². The first kappa shape index (κ1) is 20.6. The summed E-state index contributed by atoms with van der Waals surface area (Å²) >= 11 is 0. The average molecular weight is 380 g/mol. The first-order chi connectivity index (χ1) is 13.5. The van der Waals surface area contributed by atoms with Crippen LogP contribution in [-0.2, 0) is 24.4 Å². The van der Waals surface area contributed by atoms with Gasteiger partial charge in [-0.2, -0.15) is 0 Å². The maximum Gasteiger partial charge on any atom is 0.221 e. The lowest BCUT2D eigenvalue weighted by Crippen LogP contribution is -2.38. The molecule has 150 valence electrons. The SMILES string of the molecule is CC(=O)Nc1ccc(CNCc2ccc(CN3C[C@H](C)C[C@@H](C)C3)cc2)cc1. The van der Waals surface area contributed by atoms with E-state index in [1.807, 2.05) is 24.3 Å². The molecule has 28 heavy (non-hydrogen) atoms. The molecule has 1 aliphatic rings. The van der Waals surface area contributed by atoms with E-state index in [9.17, 15) is 4.79 Å². The van der Waals surface area contributed by atoms with Crippen molar-refractivity contribution >= 4 is 11.6 Å². The zero-order chi connectivity index (χ0) is 19.9. The van der Waals surface area contributed by atoms with Gasteiger partial charge in [-0.15, -0.1) is 0 Å². The summed E-state index contributed by atoms with van der Waals surface area (Å²) in [7, 11) is 0. The van der Waals surface area contributed by atoms with E-state index in [4.69, 9.17) is 0 Å². The lowest BCUT2D eigenvalue weighted by atomic mass is 9.91. The lowest BCUT2D eigenvalue weighted by Gasteiger charge is -2.35. The highest BCUT2D eigenvalue weighted by Gasteiger charge is 2.21. The van der Waals surface area contributed by atoms with Crippen LogP contribution in [-0.4, -0.2) is 23.9 Å². The summed E-state index contributed by atoms with van der Waals surface area (Å²) in [5, 5.41) is 6.28. The Morgan fingerprint density at radius 3 is 1.93 bits per heavy atom. The normalized spacial score (nSPS) is 20.1. The van der Waals surface area contributed by atoms with Gasteiger partial charge in [0.05, 0.1) is 0 Å². The third-order valence-electron chi connectivity index (χ3n) is 5.31. The Bertz CT molecular complexity index is 744. The molecule has 1 saturated heterocycles. The van der Waals surface area contributed by atoms with E-state index in [2.05, 4.69) is 53.6 Å². The standard InChI is InChI=1S/C24H33N3O/c1-18-12-19(2)16-27(15-18)17-23-6-4-21(5-7-23)13-25-14-22-8-10-24(11-9-22)26-20(3)28/h4-11,18-19,25H,12-17H2,1-3H3,(H,26,28)/t18-,19-/m1/s1. The molecule has 2 aromatic carbocycles. The van der Waals surface area contributed by atoms with Crippen molar-refractivity contribution in [3.63, 3.8) is 0 Å². The minimum absolute atomic E-state index is 0.0429. The number of carbonyl (C=O) groups is 1. The largest absolute Gasteiger partial charge is 0.326 e. The number of hydrogen-bond donors (Lipinski definition) is 2. The third kappa shape index (κ3) is 6.47. The fraction of sp³-hybridized carbons (Fsp3) is 0.458. The molecule has 1 heterocycles. The van der Waals surface area contributed by atoms with Crippen molar-refractivity contribution in [1.29, 1.82) is 0 Å². The molecule has 2 N–H and O–H groups in total. The molecule has 2 aromatic rings. The summed E-state index contributed by atoms with van der Waals surface area (Å²) in [4.78, 5) is 13.7. The monoisotopic (exact) mass is 379 g/mol. The molecule has 3 rings (SSSR count). The summed E-state index contributed by atoms with van der Waals surface area (Å²) in [6, 6.07) is 17.0. The van der Waals surface area contributed by atoms with Gasteiger partial charge in [-0.3, -0.25) is 9.69 Å². The first-order valence-electron chi connectivity index (χ1n) is 10.4. The van der Waals surface area contributed by atoms with Gasteiger partial charge >= 0.3 is 0 Å². The maximum absolute atomic E-state index is 11.1. The van der Waals surface area contributed by atoms with Crippen LogP contribution in [0.25, 0.3) is 0 Å². The average Bonchev–Trinajstić information content (AvgIpc) is 2.63. The molecule has 0 radical (unpaired) electrons. The minimum Gasteiger partial charge on any atom is -0.326 e. The summed E-state index contributed by atoms with van der Waals surface area (Å²) < 4.78 is 0. The Morgan fingerprint density at radius 1 is 0.893 bits per heavy atom. The van der Waals surface area contributed by atoms with Gasteiger partial charge in [0.2, 0.25) is 5.91 Å². The second-order valence-corrected chi connectivity index (χ2v) is 8.44. The van der Waals surface area contributed by atoms with Crippen LogP contribution in [0.5, 0.6) is 0 Å². The number of nitrogens with one attached hydrogen (secondary N) is 2. The van der Waals surface area contributed by atoms with E-state index in [1.54, 1.807) is 0 Å². The van der Waals surface area contributed by atoms with Crippen LogP contribution in [0.3, 0.4) is 0 Å². The molecule has 2 atom stereocenters. The van der Waals surface area contributed by atoms with E-state index in [-0.39, 0.29) is 5.91 Å². The molecule has 1 aliphatic heterocycles. The van der Waals surface area contributed by atoms with Gasteiger partial charge in [0, 0.05) is 45.3 Å². The van der Waals surface area contributed by atoms with Crippen LogP contribution >= 0.6 is 0 Å². The third-order valence-corrected chi connectivity index (χ3v) is 5.31. The van der Waals surface area contributed by atoms with Crippen molar-refractivity contribution in [1.82, 2.24) is 10.2 Å². The number of benzene rings is 2. The number of carbonyl (C=O) groups excluding carboxylic acids is 1. The first-order valence-corrected chi connectivity index (χ1v) is 10.4. The van der Waals surface area contributed by atoms with Crippen molar-refractivity contribution in [2.45, 2.75) is 46.8 Å². The molecular formula is C24H33N3O. The number of likely N-dealkylation sites (tertiary alicyclic amines) is 1. The van der Waals surface area contributed by atoms with Gasteiger partial charge < -0.3 is 10.6 Å². The van der Waals surface area contributed by atoms with Crippen molar-refractivity contribution in [2.75, 3.05) is 18.4 Å². The summed E-state index contributed by atoms with van der Waals surface area (Å²) in [5.41, 5.74) is 4.75. The van der Waals surface area contributed by atoms with Crippen LogP contribution in [0.2, 0.25) is 0 Å². The predicted octanol–water partition coefficient (Wildman–Crippen LogP) is 4.41. The van der Waals surface area contributed by atoms with Crippen molar-refractivity contribution in [3.8, 4) is 0 Å². The summed E-state index contributed by atoms with van der Waals surface area (Å²) in [6.45, 7) is 11.4. The highest BCUT2D eigenvalue weighted by atomic mass is 16.1. The quantitative estimate of drug-likeness (QED) is 0.749. The molecule has 0 aliphatic carbocycles. The second-order valence-electron chi connectivity index (χ2n) is 8.44. The predicted molar refractivity (Wildman–Crippen MR) is 116 cm³/mol. The Morgan fingerprint density at radius 2 is 1.39 bits per heavy atom. The number of nitrogens with zero attached hydrogens (tertiary/aromatic N) is 1. The Labute approximate surface area is 169 Å². The molecule has 0 bridgehead atoms. The van der Waals surface area contributed by atoms with Crippen molar-refractivity contribution < 1.29 is 4.79 Å². The highest BCUT2D eigenvalue weighted by molar-refractivity contribution is 5.88. The molecule has 4 nitrogen and oxygen atoms in total. The molecular weight excluding hydrogens is 346 g/mol. The van der Waals surface area contributed by atoms with Gasteiger partial charge in [0.15, 0.2) is 0 Å². The van der Waals surface area contributed by atoms with Gasteiger partial charge in [0.25, 0.3) is 0 Å². The maximum atomic E-state index is 11.1. The van der Waals surface area contributed by atoms with Crippen molar-refractivity contribution in [2.24, 2.45) is 11.8 Å². The molecule has 0 spiro atoms. The van der Waals surface area contributed by atoms with E-state index in [1.165, 1.54) is 43.1 Å². The number of amides is 1. The molecule has 4 heteroatoms. The Hall–Kier alpha value is -2.17. The molecule has 0 saturated carbocycles. The highest BCUT2D eigenvalue weighted by Crippen LogP contribution is 2.22. The number of rotatable bonds is 7. The minimum atomic E-state index is -0.0429. The van der Waals surface area contributed by atoms with Crippen LogP contribution in [0, 0.1) is 11.8 Å². The Kier molecular flexibility index (Phi) is 7.24. The van der Waals surface area contributed by atoms with E-state index < -0.39 is 0 Å². The molecule has 1 amide bonds. The second kappa shape index (κ2) is 9.85. The lowest BCUT2D eigenvalue weighted by molar-refractivity contribution is -0.114. The van der Waals surface area contributed by atoms with Gasteiger partial charge in [-0.05, 0) is 47.1 Å². The van der Waals surface area contributed by atoms with E-state index >= 15 is 0 Å². The van der Waals surface area contributed by atoms with E-state index in [0.717, 1.165) is 37.2 Å². The molecule has 0 unspecified atom stereocenters. The van der Waals surface area contributed by atoms with Crippen molar-refractivity contribution in [3.05, 3.63) is 65.2 Å². The van der Waals surface area contributed by atoms with Crippen LogP contribution in [0.15, 0.2) is 48.5 Å². The van der Waals surface area contributed by atoms with Gasteiger partial charge in [-0.25, -0.2) is 0 Å². The zero-order valence-electron chi connectivity index (χ0n) is 17.4. The molecule has 0 aromatic heterocycles. The fourth-order valence-corrected chi connectivity index (χ4v) is 4.20. The summed E-state index contributed by atoms with van der Waals surface area (Å²) in [5.74, 6) is 1.57. The topological polar surface area (TPSA) is 44.4 Å². The zero-order valence-corrected chi connectivity index (χ0v) is 17.4. The Balaban J connectivity index is 1.43. The molecule has 1 fully saturated rings. The van der Waals surface area contributed by atoms with Crippen LogP contribution in [0.4, 0.5) is 5.69 Å². The van der Waals surface area contributed by atoms with E-state index in [0.29, 0.717) is 0 Å². The smallest absolute Gasteiger partial charge is 0.221 e. The number of piperidine rings is 1. The number of anilines is 1. The van der Waals surface area contributed by atoms with Gasteiger partial charge in [-0.1, -0.05) is 50.2 Å². The van der Waals surface area contributed by atoms with Crippen LogP contribution < -0.4 is 10.6 Å². The fourth-order valence-electron chi connectivity index (χ4n) is 4.20. The number of hydrogen-bond acceptors (Lipinski definition) is 3. The van der Waals surface area contributed by atoms with Gasteiger partial charge in [0.1, 0.15) is 0 Å².